The van der Waals surface area contributed by atoms with Crippen LogP contribution in [0.1, 0.15) is 18.2 Å². The van der Waals surface area contributed by atoms with Crippen LogP contribution in [0.2, 0.25) is 0 Å². The van der Waals surface area contributed by atoms with Gasteiger partial charge in [-0.15, -0.1) is 0 Å². The van der Waals surface area contributed by atoms with E-state index < -0.39 is 0 Å². The maximum absolute atomic E-state index is 12.4. The van der Waals surface area contributed by atoms with Gasteiger partial charge in [0.15, 0.2) is 11.9 Å². The minimum Gasteiger partial charge on any atom is -0.360 e. The number of nitrogens with zero attached hydrogens (tertiary/aromatic N) is 1. The fourth-order valence-electron chi connectivity index (χ4n) is 3.33. The highest BCUT2D eigenvalue weighted by Gasteiger charge is 2.30. The Labute approximate surface area is 154 Å². The van der Waals surface area contributed by atoms with Gasteiger partial charge in [0.05, 0.1) is 6.54 Å². The van der Waals surface area contributed by atoms with Gasteiger partial charge in [-0.05, 0) is 25.5 Å². The summed E-state index contributed by atoms with van der Waals surface area (Å²) in [5, 5.41) is 6.67. The quantitative estimate of drug-likeness (QED) is 0.672. The van der Waals surface area contributed by atoms with Crippen LogP contribution in [-0.4, -0.2) is 49.8 Å². The van der Waals surface area contributed by atoms with E-state index in [1.54, 1.807) is 11.0 Å². The molecule has 1 amide bonds. The number of rotatable bonds is 6. The number of hydrogen-bond donors (Lipinski definition) is 3. The smallest absolute Gasteiger partial charge is 0.283 e. The van der Waals surface area contributed by atoms with Crippen molar-refractivity contribution in [1.29, 1.82) is 0 Å². The van der Waals surface area contributed by atoms with Crippen LogP contribution in [0.3, 0.4) is 0 Å². The summed E-state index contributed by atoms with van der Waals surface area (Å²) in [6, 6.07) is 12.0. The number of carbonyl (C=O) groups excluding carboxylic acids is 1. The van der Waals surface area contributed by atoms with E-state index in [2.05, 4.69) is 46.9 Å². The molecule has 6 nitrogen and oxygen atoms in total. The van der Waals surface area contributed by atoms with Crippen LogP contribution >= 0.6 is 0 Å². The molecule has 0 saturated carbocycles. The van der Waals surface area contributed by atoms with Gasteiger partial charge >= 0.3 is 0 Å². The molecule has 26 heavy (non-hydrogen) atoms. The normalized spacial score (nSPS) is 21.6. The number of aryl methyl sites for hydroxylation is 1. The van der Waals surface area contributed by atoms with E-state index in [4.69, 9.17) is 4.52 Å². The fraction of sp³-hybridized carbons (Fsp3) is 0.400. The Morgan fingerprint density at radius 2 is 2.00 bits per heavy atom. The molecular weight excluding hydrogens is 328 g/mol. The molecule has 6 heteroatoms. The van der Waals surface area contributed by atoms with E-state index in [0.717, 1.165) is 32.7 Å². The second-order valence-corrected chi connectivity index (χ2v) is 6.96. The summed E-state index contributed by atoms with van der Waals surface area (Å²) in [5.74, 6) is 1.19. The molecule has 0 aliphatic carbocycles. The van der Waals surface area contributed by atoms with Crippen molar-refractivity contribution in [3.63, 3.8) is 0 Å². The molecule has 3 N–H and O–H groups in total. The molecule has 1 aromatic heterocycles. The van der Waals surface area contributed by atoms with Crippen LogP contribution in [0.5, 0.6) is 0 Å². The summed E-state index contributed by atoms with van der Waals surface area (Å²) in [7, 11) is 0. The molecule has 0 spiro atoms. The van der Waals surface area contributed by atoms with E-state index in [1.165, 1.54) is 10.5 Å². The van der Waals surface area contributed by atoms with Crippen molar-refractivity contribution < 1.29 is 19.1 Å². The Balaban J connectivity index is 1.42. The number of aromatic nitrogens is 1. The molecule has 0 unspecified atom stereocenters. The zero-order chi connectivity index (χ0) is 18.4. The van der Waals surface area contributed by atoms with E-state index in [1.807, 2.05) is 19.9 Å². The summed E-state index contributed by atoms with van der Waals surface area (Å²) >= 11 is 0. The standard InChI is InChI=1S/C20H26N4O2/c1-16-15-19(22-26-16)21-20(25)17(2)24-13-11-23(12-14-24)10-6-9-18-7-4-3-5-8-18/h3-9,15,17H,10-14H2,1-2H3,(H,21,22,25)/p+2/b9-6+/t17-/m0/s1. The number of amides is 1. The van der Waals surface area contributed by atoms with Crippen molar-refractivity contribution in [3.8, 4) is 0 Å². The van der Waals surface area contributed by atoms with Crippen LogP contribution in [0.4, 0.5) is 5.82 Å². The van der Waals surface area contributed by atoms with Crippen LogP contribution < -0.4 is 15.1 Å². The molecule has 0 bridgehead atoms. The highest BCUT2D eigenvalue weighted by molar-refractivity contribution is 5.92. The lowest BCUT2D eigenvalue weighted by Crippen LogP contribution is -3.29. The van der Waals surface area contributed by atoms with E-state index in [9.17, 15) is 4.79 Å². The van der Waals surface area contributed by atoms with Gasteiger partial charge in [0, 0.05) is 6.07 Å². The summed E-state index contributed by atoms with van der Waals surface area (Å²) in [6.45, 7) is 8.98. The predicted octanol–water partition coefficient (Wildman–Crippen LogP) is -0.193. The van der Waals surface area contributed by atoms with E-state index in [0.29, 0.717) is 11.6 Å². The van der Waals surface area contributed by atoms with E-state index >= 15 is 0 Å². The monoisotopic (exact) mass is 356 g/mol. The third kappa shape index (κ3) is 5.03. The maximum atomic E-state index is 12.4. The van der Waals surface area contributed by atoms with Gasteiger partial charge in [0.2, 0.25) is 0 Å². The molecule has 2 aromatic rings. The van der Waals surface area contributed by atoms with E-state index in [-0.39, 0.29) is 11.9 Å². The second kappa shape index (κ2) is 8.78. The average Bonchev–Trinajstić information content (AvgIpc) is 3.07. The Kier molecular flexibility index (Phi) is 6.20. The van der Waals surface area contributed by atoms with Crippen molar-refractivity contribution >= 4 is 17.8 Å². The second-order valence-electron chi connectivity index (χ2n) is 6.96. The van der Waals surface area contributed by atoms with Gasteiger partial charge in [-0.2, -0.15) is 0 Å². The largest absolute Gasteiger partial charge is 0.360 e. The van der Waals surface area contributed by atoms with Crippen molar-refractivity contribution in [2.75, 3.05) is 38.0 Å². The SMILES string of the molecule is Cc1cc(NC(=O)[C@H](C)[NH+]2CC[NH+](C/C=C/c3ccccc3)CC2)no1. The first-order valence-corrected chi connectivity index (χ1v) is 9.26. The van der Waals surface area contributed by atoms with Crippen molar-refractivity contribution in [1.82, 2.24) is 5.16 Å². The number of quaternary nitrogens is 2. The van der Waals surface area contributed by atoms with Crippen LogP contribution in [0.25, 0.3) is 6.08 Å². The zero-order valence-corrected chi connectivity index (χ0v) is 15.5. The van der Waals surface area contributed by atoms with Crippen LogP contribution in [0, 0.1) is 6.92 Å². The first-order chi connectivity index (χ1) is 12.6. The number of carbonyl (C=O) groups is 1. The number of benzene rings is 1. The minimum absolute atomic E-state index is 0.000670. The molecular formula is C20H28N4O2+2. The number of nitrogens with one attached hydrogen (secondary N) is 3. The number of anilines is 1. The molecule has 138 valence electrons. The van der Waals surface area contributed by atoms with Crippen molar-refractivity contribution in [2.24, 2.45) is 0 Å². The van der Waals surface area contributed by atoms with Gasteiger partial charge < -0.3 is 19.6 Å². The maximum Gasteiger partial charge on any atom is 0.283 e. The molecule has 0 radical (unpaired) electrons. The molecule has 1 aliphatic rings. The Morgan fingerprint density at radius 3 is 2.65 bits per heavy atom. The molecule has 1 saturated heterocycles. The van der Waals surface area contributed by atoms with Crippen LogP contribution in [-0.2, 0) is 4.79 Å². The number of piperazine rings is 1. The van der Waals surface area contributed by atoms with Gasteiger partial charge in [-0.1, -0.05) is 41.6 Å². The Bertz CT molecular complexity index is 733. The highest BCUT2D eigenvalue weighted by atomic mass is 16.5. The molecule has 1 fully saturated rings. The first-order valence-electron chi connectivity index (χ1n) is 9.26. The summed E-state index contributed by atoms with van der Waals surface area (Å²) in [5.41, 5.74) is 1.24. The molecule has 1 aromatic carbocycles. The fourth-order valence-corrected chi connectivity index (χ4v) is 3.33. The van der Waals surface area contributed by atoms with Crippen LogP contribution in [0.15, 0.2) is 47.0 Å². The minimum atomic E-state index is -0.0894. The third-order valence-corrected chi connectivity index (χ3v) is 5.00. The Hall–Kier alpha value is -2.44. The number of hydrogen-bond acceptors (Lipinski definition) is 3. The van der Waals surface area contributed by atoms with Crippen molar-refractivity contribution in [3.05, 3.63) is 53.8 Å². The molecule has 1 aliphatic heterocycles. The highest BCUT2D eigenvalue weighted by Crippen LogP contribution is 2.06. The Morgan fingerprint density at radius 1 is 1.27 bits per heavy atom. The average molecular weight is 356 g/mol. The van der Waals surface area contributed by atoms with Gasteiger partial charge in [-0.25, -0.2) is 0 Å². The van der Waals surface area contributed by atoms with Gasteiger partial charge in [0.25, 0.3) is 5.91 Å². The molecule has 1 atom stereocenters. The molecule has 3 rings (SSSR count). The zero-order valence-electron chi connectivity index (χ0n) is 15.5. The van der Waals surface area contributed by atoms with Crippen molar-refractivity contribution in [2.45, 2.75) is 19.9 Å². The lowest BCUT2D eigenvalue weighted by molar-refractivity contribution is -1.02. The lowest BCUT2D eigenvalue weighted by Gasteiger charge is -2.32. The third-order valence-electron chi connectivity index (χ3n) is 5.00. The summed E-state index contributed by atoms with van der Waals surface area (Å²) < 4.78 is 4.99. The topological polar surface area (TPSA) is 64.0 Å². The summed E-state index contributed by atoms with van der Waals surface area (Å²) in [4.78, 5) is 15.3. The molecule has 2 heterocycles. The lowest BCUT2D eigenvalue weighted by atomic mass is 10.2. The predicted molar refractivity (Wildman–Crippen MR) is 101 cm³/mol. The first kappa shape index (κ1) is 18.4. The summed E-state index contributed by atoms with van der Waals surface area (Å²) in [6.07, 6.45) is 4.43. The van der Waals surface area contributed by atoms with Gasteiger partial charge in [-0.3, -0.25) is 4.79 Å². The van der Waals surface area contributed by atoms with Gasteiger partial charge in [0.1, 0.15) is 31.9 Å².